The van der Waals surface area contributed by atoms with E-state index in [2.05, 4.69) is 4.74 Å². The highest BCUT2D eigenvalue weighted by Gasteiger charge is 2.31. The number of esters is 1. The van der Waals surface area contributed by atoms with E-state index < -0.39 is 11.9 Å². The first-order valence-electron chi connectivity index (χ1n) is 5.68. The molecule has 0 N–H and O–H groups in total. The van der Waals surface area contributed by atoms with Gasteiger partial charge in [-0.25, -0.2) is 0 Å². The molecule has 0 aromatic heterocycles. The van der Waals surface area contributed by atoms with Gasteiger partial charge in [0.25, 0.3) is 0 Å². The zero-order valence-corrected chi connectivity index (χ0v) is 9.86. The lowest BCUT2D eigenvalue weighted by molar-refractivity contribution is -0.142. The third-order valence-electron chi connectivity index (χ3n) is 2.89. The molecule has 17 heavy (non-hydrogen) atoms. The summed E-state index contributed by atoms with van der Waals surface area (Å²) in [6, 6.07) is 0. The molecule has 0 radical (unpaired) electrons. The zero-order chi connectivity index (χ0) is 12.8. The van der Waals surface area contributed by atoms with Crippen LogP contribution in [0.4, 0.5) is 0 Å². The van der Waals surface area contributed by atoms with Crippen LogP contribution in [-0.2, 0) is 23.9 Å². The summed E-state index contributed by atoms with van der Waals surface area (Å²) in [5, 5.41) is 0. The predicted molar refractivity (Wildman–Crippen MR) is 58.2 cm³/mol. The quantitative estimate of drug-likeness (QED) is 0.525. The molecule has 0 atom stereocenters. The van der Waals surface area contributed by atoms with Gasteiger partial charge in [0.15, 0.2) is 0 Å². The molecule has 0 bridgehead atoms. The molecular weight excluding hydrogens is 224 g/mol. The van der Waals surface area contributed by atoms with Crippen LogP contribution in [-0.4, -0.2) is 30.4 Å². The highest BCUT2D eigenvalue weighted by atomic mass is 16.5. The number of hydrogen-bond donors (Lipinski definition) is 0. The van der Waals surface area contributed by atoms with Crippen molar-refractivity contribution in [1.82, 2.24) is 0 Å². The van der Waals surface area contributed by atoms with Gasteiger partial charge >= 0.3 is 5.97 Å². The Morgan fingerprint density at radius 1 is 1.18 bits per heavy atom. The van der Waals surface area contributed by atoms with Crippen LogP contribution < -0.4 is 0 Å². The van der Waals surface area contributed by atoms with Crippen LogP contribution in [0.25, 0.3) is 0 Å². The van der Waals surface area contributed by atoms with Gasteiger partial charge in [-0.1, -0.05) is 0 Å². The summed E-state index contributed by atoms with van der Waals surface area (Å²) in [5.41, 5.74) is 0. The number of Topliss-reactive ketones (excluding diaryl/α,β-unsaturated/α-hetero) is 3. The van der Waals surface area contributed by atoms with Crippen LogP contribution in [0.2, 0.25) is 0 Å². The maximum absolute atomic E-state index is 11.5. The Morgan fingerprint density at radius 3 is 2.29 bits per heavy atom. The van der Waals surface area contributed by atoms with E-state index in [-0.39, 0.29) is 36.6 Å². The van der Waals surface area contributed by atoms with Crippen LogP contribution in [0, 0.1) is 5.92 Å². The van der Waals surface area contributed by atoms with Gasteiger partial charge in [0.2, 0.25) is 0 Å². The number of hydrogen-bond acceptors (Lipinski definition) is 5. The third kappa shape index (κ3) is 4.09. The molecule has 0 spiro atoms. The number of ketones is 3. The molecule has 0 unspecified atom stereocenters. The summed E-state index contributed by atoms with van der Waals surface area (Å²) in [6.07, 6.45) is 1.31. The third-order valence-corrected chi connectivity index (χ3v) is 2.89. The summed E-state index contributed by atoms with van der Waals surface area (Å²) in [4.78, 5) is 45.3. The number of carbonyl (C=O) groups is 4. The lowest BCUT2D eigenvalue weighted by Gasteiger charge is -2.18. The van der Waals surface area contributed by atoms with Crippen molar-refractivity contribution in [2.24, 2.45) is 5.92 Å². The Morgan fingerprint density at radius 2 is 1.76 bits per heavy atom. The second-order valence-corrected chi connectivity index (χ2v) is 4.16. The van der Waals surface area contributed by atoms with E-state index in [1.165, 1.54) is 7.11 Å². The van der Waals surface area contributed by atoms with E-state index in [0.717, 1.165) is 0 Å². The van der Waals surface area contributed by atoms with E-state index >= 15 is 0 Å². The molecule has 0 aliphatic heterocycles. The summed E-state index contributed by atoms with van der Waals surface area (Å²) in [6.45, 7) is 0. The zero-order valence-electron chi connectivity index (χ0n) is 9.86. The average Bonchev–Trinajstić information content (AvgIpc) is 2.31. The van der Waals surface area contributed by atoms with Gasteiger partial charge in [0.1, 0.15) is 17.3 Å². The maximum atomic E-state index is 11.5. The van der Waals surface area contributed by atoms with E-state index in [1.807, 2.05) is 0 Å². The molecule has 1 fully saturated rings. The van der Waals surface area contributed by atoms with Crippen molar-refractivity contribution in [3.63, 3.8) is 0 Å². The van der Waals surface area contributed by atoms with E-state index in [0.29, 0.717) is 19.3 Å². The van der Waals surface area contributed by atoms with Crippen LogP contribution in [0.15, 0.2) is 0 Å². The van der Waals surface area contributed by atoms with Crippen molar-refractivity contribution in [2.75, 3.05) is 7.11 Å². The fourth-order valence-corrected chi connectivity index (χ4v) is 1.87. The first kappa shape index (κ1) is 13.5. The fourth-order valence-electron chi connectivity index (χ4n) is 1.87. The SMILES string of the molecule is COC(=O)CCC(=O)CC1C(=O)CCCC1=O. The molecule has 5 nitrogen and oxygen atoms in total. The Balaban J connectivity index is 2.41. The van der Waals surface area contributed by atoms with Crippen molar-refractivity contribution in [1.29, 1.82) is 0 Å². The van der Waals surface area contributed by atoms with Crippen molar-refractivity contribution >= 4 is 23.3 Å². The van der Waals surface area contributed by atoms with E-state index in [9.17, 15) is 19.2 Å². The monoisotopic (exact) mass is 240 g/mol. The van der Waals surface area contributed by atoms with Crippen molar-refractivity contribution in [3.8, 4) is 0 Å². The minimum absolute atomic E-state index is 0.00440. The molecule has 1 aliphatic rings. The molecule has 0 saturated heterocycles. The van der Waals surface area contributed by atoms with Gasteiger partial charge in [-0.2, -0.15) is 0 Å². The summed E-state index contributed by atoms with van der Waals surface area (Å²) >= 11 is 0. The molecule has 1 aliphatic carbocycles. The minimum atomic E-state index is -0.770. The molecular formula is C12H16O5. The van der Waals surface area contributed by atoms with Crippen LogP contribution in [0.1, 0.15) is 38.5 Å². The Labute approximate surface area is 99.5 Å². The number of rotatable bonds is 5. The highest BCUT2D eigenvalue weighted by molar-refractivity contribution is 6.07. The molecule has 0 amide bonds. The van der Waals surface area contributed by atoms with E-state index in [4.69, 9.17) is 0 Å². The lowest BCUT2D eigenvalue weighted by atomic mass is 9.83. The first-order valence-corrected chi connectivity index (χ1v) is 5.68. The summed E-state index contributed by atoms with van der Waals surface area (Å²) < 4.78 is 4.41. The number of ether oxygens (including phenoxy) is 1. The Hall–Kier alpha value is -1.52. The second-order valence-electron chi connectivity index (χ2n) is 4.16. The van der Waals surface area contributed by atoms with Gasteiger partial charge < -0.3 is 4.74 Å². The number of methoxy groups -OCH3 is 1. The Bertz CT molecular complexity index is 329. The van der Waals surface area contributed by atoms with Crippen molar-refractivity contribution < 1.29 is 23.9 Å². The predicted octanol–water partition coefficient (Wildman–Crippen LogP) is 0.837. The minimum Gasteiger partial charge on any atom is -0.469 e. The number of carbonyl (C=O) groups excluding carboxylic acids is 4. The lowest BCUT2D eigenvalue weighted by Crippen LogP contribution is -2.30. The van der Waals surface area contributed by atoms with Crippen LogP contribution in [0.3, 0.4) is 0 Å². The first-order chi connectivity index (χ1) is 8.04. The molecule has 0 aromatic carbocycles. The standard InChI is InChI=1S/C12H16O5/c1-17-12(16)6-5-8(13)7-9-10(14)3-2-4-11(9)15/h9H,2-7H2,1H3. The summed E-state index contributed by atoms with van der Waals surface area (Å²) in [5.74, 6) is -1.75. The Kier molecular flexibility index (Phi) is 5.00. The molecule has 1 rings (SSSR count). The smallest absolute Gasteiger partial charge is 0.305 e. The average molecular weight is 240 g/mol. The normalized spacial score (nSPS) is 17.0. The van der Waals surface area contributed by atoms with Crippen LogP contribution >= 0.6 is 0 Å². The maximum Gasteiger partial charge on any atom is 0.305 e. The molecule has 94 valence electrons. The van der Waals surface area contributed by atoms with E-state index in [1.54, 1.807) is 0 Å². The van der Waals surface area contributed by atoms with Gasteiger partial charge in [-0.05, 0) is 6.42 Å². The highest BCUT2D eigenvalue weighted by Crippen LogP contribution is 2.21. The van der Waals surface area contributed by atoms with Gasteiger partial charge in [0.05, 0.1) is 19.4 Å². The van der Waals surface area contributed by atoms with Gasteiger partial charge in [0, 0.05) is 25.7 Å². The fraction of sp³-hybridized carbons (Fsp3) is 0.667. The molecule has 0 aromatic rings. The largest absolute Gasteiger partial charge is 0.469 e. The summed E-state index contributed by atoms with van der Waals surface area (Å²) in [7, 11) is 1.25. The van der Waals surface area contributed by atoms with Gasteiger partial charge in [-0.15, -0.1) is 0 Å². The van der Waals surface area contributed by atoms with Crippen LogP contribution in [0.5, 0.6) is 0 Å². The van der Waals surface area contributed by atoms with Gasteiger partial charge in [-0.3, -0.25) is 19.2 Å². The molecule has 1 saturated carbocycles. The second kappa shape index (κ2) is 6.27. The molecule has 5 heteroatoms. The topological polar surface area (TPSA) is 77.5 Å². The van der Waals surface area contributed by atoms with Crippen molar-refractivity contribution in [2.45, 2.75) is 38.5 Å². The van der Waals surface area contributed by atoms with Crippen molar-refractivity contribution in [3.05, 3.63) is 0 Å². The molecule has 0 heterocycles.